The Labute approximate surface area is 127 Å². The second kappa shape index (κ2) is 7.04. The summed E-state index contributed by atoms with van der Waals surface area (Å²) in [5, 5.41) is 3.52. The Hall–Kier alpha value is -1.13. The monoisotopic (exact) mass is 339 g/mol. The number of hydrogen-bond donors (Lipinski definition) is 1. The molecule has 0 bridgehead atoms. The van der Waals surface area contributed by atoms with E-state index in [4.69, 9.17) is 4.42 Å². The fraction of sp³-hybridized carbons (Fsp3) is 0.375. The van der Waals surface area contributed by atoms with Gasteiger partial charge in [-0.3, -0.25) is 0 Å². The van der Waals surface area contributed by atoms with Gasteiger partial charge in [-0.15, -0.1) is 0 Å². The summed E-state index contributed by atoms with van der Waals surface area (Å²) in [6.45, 7) is 5.01. The van der Waals surface area contributed by atoms with Gasteiger partial charge in [0.1, 0.15) is 5.82 Å². The molecule has 0 saturated heterocycles. The quantitative estimate of drug-likeness (QED) is 0.819. The summed E-state index contributed by atoms with van der Waals surface area (Å²) >= 11 is 3.44. The van der Waals surface area contributed by atoms with Crippen LogP contribution in [0.3, 0.4) is 0 Å². The maximum absolute atomic E-state index is 13.2. The number of rotatable bonds is 6. The Morgan fingerprint density at radius 3 is 2.75 bits per heavy atom. The third-order valence-corrected chi connectivity index (χ3v) is 4.04. The maximum Gasteiger partial charge on any atom is 0.173 e. The lowest BCUT2D eigenvalue weighted by Crippen LogP contribution is -2.24. The molecule has 4 heteroatoms. The topological polar surface area (TPSA) is 25.2 Å². The van der Waals surface area contributed by atoms with Crippen LogP contribution >= 0.6 is 15.9 Å². The van der Waals surface area contributed by atoms with Crippen LogP contribution in [0.5, 0.6) is 0 Å². The molecule has 2 rings (SSSR count). The molecular weight excluding hydrogens is 321 g/mol. The van der Waals surface area contributed by atoms with E-state index in [1.54, 1.807) is 12.3 Å². The summed E-state index contributed by atoms with van der Waals surface area (Å²) in [7, 11) is 0. The van der Waals surface area contributed by atoms with Gasteiger partial charge in [0, 0.05) is 11.6 Å². The second-order valence-corrected chi connectivity index (χ2v) is 5.65. The molecule has 2 aromatic rings. The van der Waals surface area contributed by atoms with Gasteiger partial charge in [0.05, 0.1) is 6.26 Å². The number of hydrogen-bond acceptors (Lipinski definition) is 2. The number of furan rings is 1. The van der Waals surface area contributed by atoms with E-state index in [1.807, 2.05) is 19.1 Å². The number of aryl methyl sites for hydroxylation is 1. The summed E-state index contributed by atoms with van der Waals surface area (Å²) in [4.78, 5) is 0. The van der Waals surface area contributed by atoms with Crippen molar-refractivity contribution >= 4 is 15.9 Å². The van der Waals surface area contributed by atoms with E-state index in [0.717, 1.165) is 40.7 Å². The normalized spacial score (nSPS) is 12.6. The molecule has 0 spiro atoms. The maximum atomic E-state index is 13.2. The molecule has 0 aliphatic rings. The fourth-order valence-corrected chi connectivity index (χ4v) is 2.79. The Balaban J connectivity index is 2.21. The highest BCUT2D eigenvalue weighted by atomic mass is 79.9. The second-order valence-electron chi connectivity index (χ2n) is 4.93. The van der Waals surface area contributed by atoms with Gasteiger partial charge in [-0.05, 0) is 71.6 Å². The first kappa shape index (κ1) is 15.3. The molecule has 0 radical (unpaired) electrons. The van der Waals surface area contributed by atoms with Gasteiger partial charge in [-0.1, -0.05) is 13.0 Å². The predicted octanol–water partition coefficient (Wildman–Crippen LogP) is 4.77. The molecule has 1 N–H and O–H groups in total. The van der Waals surface area contributed by atoms with Crippen molar-refractivity contribution in [2.24, 2.45) is 0 Å². The zero-order valence-electron chi connectivity index (χ0n) is 11.7. The van der Waals surface area contributed by atoms with Crippen LogP contribution in [0.25, 0.3) is 0 Å². The molecule has 1 heterocycles. The summed E-state index contributed by atoms with van der Waals surface area (Å²) in [6, 6.07) is 7.09. The van der Waals surface area contributed by atoms with E-state index < -0.39 is 0 Å². The van der Waals surface area contributed by atoms with Crippen LogP contribution in [0.2, 0.25) is 0 Å². The van der Waals surface area contributed by atoms with E-state index >= 15 is 0 Å². The van der Waals surface area contributed by atoms with E-state index in [0.29, 0.717) is 0 Å². The average Bonchev–Trinajstić information content (AvgIpc) is 2.83. The molecule has 2 nitrogen and oxygen atoms in total. The zero-order chi connectivity index (χ0) is 14.5. The molecule has 1 aromatic carbocycles. The molecular formula is C16H19BrFNO. The largest absolute Gasteiger partial charge is 0.457 e. The van der Waals surface area contributed by atoms with Crippen molar-refractivity contribution in [1.29, 1.82) is 0 Å². The van der Waals surface area contributed by atoms with Gasteiger partial charge in [0.25, 0.3) is 0 Å². The van der Waals surface area contributed by atoms with Crippen LogP contribution in [0.15, 0.2) is 39.6 Å². The lowest BCUT2D eigenvalue weighted by Gasteiger charge is -2.19. The van der Waals surface area contributed by atoms with Crippen molar-refractivity contribution < 1.29 is 8.81 Å². The molecule has 0 fully saturated rings. The molecule has 0 amide bonds. The molecule has 0 saturated carbocycles. The van der Waals surface area contributed by atoms with Crippen LogP contribution in [0, 0.1) is 12.7 Å². The summed E-state index contributed by atoms with van der Waals surface area (Å²) in [6.07, 6.45) is 3.55. The minimum absolute atomic E-state index is 0.159. The number of nitrogens with one attached hydrogen (secondary N) is 1. The van der Waals surface area contributed by atoms with Crippen molar-refractivity contribution in [3.63, 3.8) is 0 Å². The first-order valence-corrected chi connectivity index (χ1v) is 7.62. The summed E-state index contributed by atoms with van der Waals surface area (Å²) in [5.74, 6) is -0.186. The third kappa shape index (κ3) is 3.70. The molecule has 20 heavy (non-hydrogen) atoms. The van der Waals surface area contributed by atoms with E-state index in [1.165, 1.54) is 6.07 Å². The average molecular weight is 340 g/mol. The van der Waals surface area contributed by atoms with Crippen LogP contribution in [0.4, 0.5) is 4.39 Å². The molecule has 0 aliphatic heterocycles. The molecule has 1 atom stereocenters. The highest BCUT2D eigenvalue weighted by Gasteiger charge is 2.17. The third-order valence-electron chi connectivity index (χ3n) is 3.39. The lowest BCUT2D eigenvalue weighted by atomic mass is 9.97. The Bertz CT molecular complexity index is 567. The van der Waals surface area contributed by atoms with E-state index in [2.05, 4.69) is 28.2 Å². The number of halogens is 2. The van der Waals surface area contributed by atoms with Gasteiger partial charge in [-0.25, -0.2) is 4.39 Å². The first-order chi connectivity index (χ1) is 9.61. The van der Waals surface area contributed by atoms with Crippen LogP contribution in [-0.4, -0.2) is 6.54 Å². The fourth-order valence-electron chi connectivity index (χ4n) is 2.27. The SMILES string of the molecule is CCCNC(Cc1ccc(F)cc1C)c1ccoc1Br. The minimum Gasteiger partial charge on any atom is -0.457 e. The minimum atomic E-state index is -0.186. The lowest BCUT2D eigenvalue weighted by molar-refractivity contribution is 0.497. The van der Waals surface area contributed by atoms with Crippen LogP contribution < -0.4 is 5.32 Å². The highest BCUT2D eigenvalue weighted by molar-refractivity contribution is 9.10. The van der Waals surface area contributed by atoms with Gasteiger partial charge >= 0.3 is 0 Å². The predicted molar refractivity (Wildman–Crippen MR) is 82.3 cm³/mol. The first-order valence-electron chi connectivity index (χ1n) is 6.83. The van der Waals surface area contributed by atoms with Gasteiger partial charge < -0.3 is 9.73 Å². The Morgan fingerprint density at radius 2 is 2.15 bits per heavy atom. The highest BCUT2D eigenvalue weighted by Crippen LogP contribution is 2.28. The van der Waals surface area contributed by atoms with Crippen molar-refractivity contribution in [2.45, 2.75) is 32.7 Å². The molecule has 1 aromatic heterocycles. The summed E-state index contributed by atoms with van der Waals surface area (Å²) < 4.78 is 19.3. The van der Waals surface area contributed by atoms with Crippen molar-refractivity contribution in [2.75, 3.05) is 6.54 Å². The van der Waals surface area contributed by atoms with Crippen molar-refractivity contribution in [3.8, 4) is 0 Å². The van der Waals surface area contributed by atoms with Gasteiger partial charge in [0.15, 0.2) is 4.67 Å². The summed E-state index contributed by atoms with van der Waals surface area (Å²) in [5.41, 5.74) is 3.23. The van der Waals surface area contributed by atoms with Crippen molar-refractivity contribution in [3.05, 3.63) is 57.7 Å². The zero-order valence-corrected chi connectivity index (χ0v) is 13.3. The van der Waals surface area contributed by atoms with Gasteiger partial charge in [-0.2, -0.15) is 0 Å². The molecule has 0 aliphatic carbocycles. The van der Waals surface area contributed by atoms with E-state index in [9.17, 15) is 4.39 Å². The van der Waals surface area contributed by atoms with E-state index in [-0.39, 0.29) is 11.9 Å². The van der Waals surface area contributed by atoms with Crippen LogP contribution in [0.1, 0.15) is 36.1 Å². The smallest absolute Gasteiger partial charge is 0.173 e. The Kier molecular flexibility index (Phi) is 5.38. The molecule has 1 unspecified atom stereocenters. The van der Waals surface area contributed by atoms with Crippen LogP contribution in [-0.2, 0) is 6.42 Å². The van der Waals surface area contributed by atoms with Gasteiger partial charge in [0.2, 0.25) is 0 Å². The standard InChI is InChI=1S/C16H19BrFNO/c1-3-7-19-15(14-6-8-20-16(14)17)10-12-4-5-13(18)9-11(12)2/h4-6,8-9,15,19H,3,7,10H2,1-2H3. The van der Waals surface area contributed by atoms with Crippen molar-refractivity contribution in [1.82, 2.24) is 5.32 Å². The Morgan fingerprint density at radius 1 is 1.35 bits per heavy atom. The number of benzene rings is 1. The molecule has 108 valence electrons.